The Balaban J connectivity index is 3.36. The van der Waals surface area contributed by atoms with Crippen molar-refractivity contribution in [3.05, 3.63) is 0 Å². The first-order valence-electron chi connectivity index (χ1n) is 19.2. The molecule has 7 N–H and O–H groups in total. The first-order valence-corrected chi connectivity index (χ1v) is 19.2. The van der Waals surface area contributed by atoms with Gasteiger partial charge >= 0.3 is 5.97 Å². The molecular formula is C37H60N6O12-2. The number of amides is 6. The van der Waals surface area contributed by atoms with Gasteiger partial charge < -0.3 is 56.8 Å². The van der Waals surface area contributed by atoms with Crippen LogP contribution in [0.25, 0.3) is 0 Å². The molecule has 1 saturated carbocycles. The molecule has 1 fully saturated rings. The van der Waals surface area contributed by atoms with E-state index in [1.165, 1.54) is 0 Å². The predicted molar refractivity (Wildman–Crippen MR) is 194 cm³/mol. The van der Waals surface area contributed by atoms with E-state index in [4.69, 9.17) is 0 Å². The Morgan fingerprint density at radius 1 is 0.636 bits per heavy atom. The summed E-state index contributed by atoms with van der Waals surface area (Å²) < 4.78 is 0. The molecule has 0 unspecified atom stereocenters. The van der Waals surface area contributed by atoms with Crippen molar-refractivity contribution in [2.24, 2.45) is 17.8 Å². The number of nitrogens with one attached hydrogen (secondary N) is 6. The summed E-state index contributed by atoms with van der Waals surface area (Å²) in [6.45, 7) is 9.84. The summed E-state index contributed by atoms with van der Waals surface area (Å²) >= 11 is 0. The molecule has 18 nitrogen and oxygen atoms in total. The summed E-state index contributed by atoms with van der Waals surface area (Å²) in [5.41, 5.74) is 0. The highest BCUT2D eigenvalue weighted by molar-refractivity contribution is 5.97. The molecule has 0 aliphatic heterocycles. The number of carboxylic acids is 3. The zero-order valence-corrected chi connectivity index (χ0v) is 32.8. The fourth-order valence-electron chi connectivity index (χ4n) is 6.42. The van der Waals surface area contributed by atoms with Gasteiger partial charge in [0.1, 0.15) is 36.3 Å². The van der Waals surface area contributed by atoms with Crippen molar-refractivity contribution >= 4 is 53.4 Å². The van der Waals surface area contributed by atoms with Gasteiger partial charge in [-0.1, -0.05) is 79.6 Å². The molecular weight excluding hydrogens is 720 g/mol. The molecule has 312 valence electrons. The van der Waals surface area contributed by atoms with Crippen LogP contribution in [0.2, 0.25) is 0 Å². The topological polar surface area (TPSA) is 292 Å². The zero-order chi connectivity index (χ0) is 41.8. The Morgan fingerprint density at radius 2 is 1.16 bits per heavy atom. The van der Waals surface area contributed by atoms with Crippen molar-refractivity contribution in [3.8, 4) is 0 Å². The van der Waals surface area contributed by atoms with Crippen molar-refractivity contribution in [1.82, 2.24) is 31.9 Å². The van der Waals surface area contributed by atoms with Crippen LogP contribution < -0.4 is 42.1 Å². The second-order valence-corrected chi connectivity index (χ2v) is 14.9. The Morgan fingerprint density at radius 3 is 1.67 bits per heavy atom. The normalized spacial score (nSPS) is 16.9. The minimum atomic E-state index is -1.68. The van der Waals surface area contributed by atoms with E-state index in [9.17, 15) is 58.5 Å². The number of hydrogen-bond acceptors (Lipinski definition) is 11. The highest BCUT2D eigenvalue weighted by Crippen LogP contribution is 2.27. The third-order valence-electron chi connectivity index (χ3n) is 9.59. The van der Waals surface area contributed by atoms with Crippen LogP contribution in [0, 0.1) is 17.8 Å². The fourth-order valence-corrected chi connectivity index (χ4v) is 6.42. The molecule has 1 aliphatic carbocycles. The number of carbonyl (C=O) groups is 9. The minimum absolute atomic E-state index is 0.0352. The van der Waals surface area contributed by atoms with E-state index >= 15 is 0 Å². The van der Waals surface area contributed by atoms with E-state index < -0.39 is 115 Å². The summed E-state index contributed by atoms with van der Waals surface area (Å²) in [7, 11) is 0. The van der Waals surface area contributed by atoms with Crippen molar-refractivity contribution in [2.75, 3.05) is 0 Å². The van der Waals surface area contributed by atoms with Gasteiger partial charge in [-0.15, -0.1) is 0 Å². The molecule has 0 heterocycles. The maximum atomic E-state index is 13.9. The standard InChI is InChI=1S/C37H62N6O12/c1-7-12-25(37(54)55)40-33(50)27(18-23-13-10-9-11-14-23)42-36(53)31(21(5)8-2)43-35(52)26(17-20(3)4)41-32(49)24(15-16-29(45)46)39-34(51)28(19-30(47)48)38-22(6)44/h20-21,23-28,31H,7-19H2,1-6H3,(H,38,44)(H,39,51)(H,40,50)(H,41,49)(H,42,53)(H,43,52)(H,45,46)(H,47,48)(H,54,55)/p-2/t21-,24-,25+,26+,27+,28+,31+/m1/s1. The summed E-state index contributed by atoms with van der Waals surface area (Å²) in [6, 6.07) is -8.02. The number of aliphatic carboxylic acids is 3. The van der Waals surface area contributed by atoms with Crippen LogP contribution in [0.15, 0.2) is 0 Å². The van der Waals surface area contributed by atoms with Crippen molar-refractivity contribution in [2.45, 2.75) is 161 Å². The Bertz CT molecular complexity index is 1340. The molecule has 0 aromatic rings. The molecule has 7 atom stereocenters. The number of carboxylic acid groups (broad SMARTS) is 3. The number of rotatable bonds is 25. The molecule has 55 heavy (non-hydrogen) atoms. The van der Waals surface area contributed by atoms with E-state index in [2.05, 4.69) is 31.9 Å². The smallest absolute Gasteiger partial charge is 0.326 e. The van der Waals surface area contributed by atoms with E-state index in [-0.39, 0.29) is 31.1 Å². The Kier molecular flexibility index (Phi) is 21.6. The third kappa shape index (κ3) is 18.4. The number of carbonyl (C=O) groups excluding carboxylic acids is 8. The summed E-state index contributed by atoms with van der Waals surface area (Å²) in [6.07, 6.45) is 3.89. The van der Waals surface area contributed by atoms with Crippen molar-refractivity contribution in [1.29, 1.82) is 0 Å². The van der Waals surface area contributed by atoms with Crippen LogP contribution in [0.5, 0.6) is 0 Å². The SMILES string of the molecule is CCC[C@H](NC(=O)[C@H](CC1CCCCC1)NC(=O)[C@@H](NC(=O)[C@H](CC(C)C)NC(=O)[C@@H](CCC(=O)[O-])NC(=O)[C@H](CC(=O)[O-])NC(C)=O)[C@H](C)CC)C(=O)O. The van der Waals surface area contributed by atoms with Gasteiger partial charge in [0.15, 0.2) is 0 Å². The van der Waals surface area contributed by atoms with Crippen LogP contribution in [-0.2, 0) is 43.2 Å². The maximum Gasteiger partial charge on any atom is 0.326 e. The molecule has 6 amide bonds. The summed E-state index contributed by atoms with van der Waals surface area (Å²) in [5, 5.41) is 47.0. The van der Waals surface area contributed by atoms with Gasteiger partial charge in [0.2, 0.25) is 35.4 Å². The maximum absolute atomic E-state index is 13.9. The summed E-state index contributed by atoms with van der Waals surface area (Å²) in [5.74, 6) is -10.0. The van der Waals surface area contributed by atoms with Crippen LogP contribution in [0.3, 0.4) is 0 Å². The van der Waals surface area contributed by atoms with Crippen LogP contribution >= 0.6 is 0 Å². The molecule has 0 saturated heterocycles. The molecule has 0 spiro atoms. The Hall–Kier alpha value is -4.77. The molecule has 1 aliphatic rings. The molecule has 0 aromatic carbocycles. The van der Waals surface area contributed by atoms with Crippen molar-refractivity contribution in [3.63, 3.8) is 0 Å². The second kappa shape index (κ2) is 24.6. The fraction of sp³-hybridized carbons (Fsp3) is 0.757. The average Bonchev–Trinajstić information content (AvgIpc) is 3.10. The quantitative estimate of drug-likeness (QED) is 0.0559. The predicted octanol–water partition coefficient (Wildman–Crippen LogP) is -1.47. The lowest BCUT2D eigenvalue weighted by Crippen LogP contribution is -2.61. The largest absolute Gasteiger partial charge is 0.550 e. The van der Waals surface area contributed by atoms with Gasteiger partial charge in [-0.2, -0.15) is 0 Å². The molecule has 0 bridgehead atoms. The van der Waals surface area contributed by atoms with Gasteiger partial charge in [-0.3, -0.25) is 28.8 Å². The van der Waals surface area contributed by atoms with Gasteiger partial charge in [0, 0.05) is 25.3 Å². The lowest BCUT2D eigenvalue weighted by molar-refractivity contribution is -0.307. The van der Waals surface area contributed by atoms with Gasteiger partial charge in [-0.25, -0.2) is 4.79 Å². The molecule has 1 rings (SSSR count). The Labute approximate surface area is 322 Å². The molecule has 0 aromatic heterocycles. The van der Waals surface area contributed by atoms with Gasteiger partial charge in [-0.05, 0) is 49.9 Å². The highest BCUT2D eigenvalue weighted by Gasteiger charge is 2.36. The van der Waals surface area contributed by atoms with E-state index in [0.717, 1.165) is 39.0 Å². The first kappa shape index (κ1) is 48.2. The van der Waals surface area contributed by atoms with Crippen LogP contribution in [0.1, 0.15) is 125 Å². The highest BCUT2D eigenvalue weighted by atomic mass is 16.4. The lowest BCUT2D eigenvalue weighted by Gasteiger charge is -2.31. The monoisotopic (exact) mass is 780 g/mol. The van der Waals surface area contributed by atoms with Crippen LogP contribution in [-0.4, -0.2) is 94.7 Å². The minimum Gasteiger partial charge on any atom is -0.550 e. The van der Waals surface area contributed by atoms with E-state index in [1.807, 2.05) is 0 Å². The first-order chi connectivity index (χ1) is 25.8. The second-order valence-electron chi connectivity index (χ2n) is 14.9. The molecule has 0 radical (unpaired) electrons. The van der Waals surface area contributed by atoms with Gasteiger partial charge in [0.25, 0.3) is 0 Å². The van der Waals surface area contributed by atoms with E-state index in [0.29, 0.717) is 12.8 Å². The zero-order valence-electron chi connectivity index (χ0n) is 32.8. The van der Waals surface area contributed by atoms with Gasteiger partial charge in [0.05, 0.1) is 0 Å². The van der Waals surface area contributed by atoms with E-state index in [1.54, 1.807) is 34.6 Å². The lowest BCUT2D eigenvalue weighted by atomic mass is 9.84. The molecule has 18 heteroatoms. The average molecular weight is 781 g/mol. The summed E-state index contributed by atoms with van der Waals surface area (Å²) in [4.78, 5) is 114. The van der Waals surface area contributed by atoms with Crippen molar-refractivity contribution < 1.29 is 58.5 Å². The third-order valence-corrected chi connectivity index (χ3v) is 9.59. The number of hydrogen-bond donors (Lipinski definition) is 7. The van der Waals surface area contributed by atoms with Crippen LogP contribution in [0.4, 0.5) is 0 Å².